The molecule has 108 heavy (non-hydrogen) atoms. The van der Waals surface area contributed by atoms with Crippen molar-refractivity contribution in [2.24, 2.45) is 11.8 Å². The van der Waals surface area contributed by atoms with Crippen LogP contribution >= 0.6 is 15.6 Å². The van der Waals surface area contributed by atoms with Crippen LogP contribution in [0.2, 0.25) is 0 Å². The van der Waals surface area contributed by atoms with Gasteiger partial charge in [0.15, 0.2) is 12.2 Å². The van der Waals surface area contributed by atoms with Crippen LogP contribution in [0.3, 0.4) is 0 Å². The predicted octanol–water partition coefficient (Wildman–Crippen LogP) is 27.4. The number of phosphoric ester groups is 2. The van der Waals surface area contributed by atoms with E-state index in [2.05, 4.69) is 41.5 Å². The van der Waals surface area contributed by atoms with Gasteiger partial charge in [0.2, 0.25) is 0 Å². The number of hydrogen-bond acceptors (Lipinski definition) is 15. The first-order valence-corrected chi connectivity index (χ1v) is 49.0. The van der Waals surface area contributed by atoms with E-state index in [9.17, 15) is 43.2 Å². The maximum absolute atomic E-state index is 13.2. The molecule has 3 N–H and O–H groups in total. The molecule has 0 aliphatic carbocycles. The van der Waals surface area contributed by atoms with E-state index in [0.717, 1.165) is 102 Å². The van der Waals surface area contributed by atoms with Crippen LogP contribution in [0.15, 0.2) is 0 Å². The SMILES string of the molecule is CCCCCCCCCCCCCCCCCCCCCCCC(=O)O[C@H](COC(=O)CCCCCCCCCCCCCCCCCCCCCC)COP(=O)(O)OC[C@@H](O)COP(=O)(O)OC[C@@H](COC(=O)CCCCCCCCCC(C)C)OC(=O)CCCCCCCCCCCCCCCCC(C)C. The number of carbonyl (C=O) groups is 4. The molecule has 17 nitrogen and oxygen atoms in total. The predicted molar refractivity (Wildman–Crippen MR) is 446 cm³/mol. The van der Waals surface area contributed by atoms with Crippen LogP contribution in [0.4, 0.5) is 0 Å². The second-order valence-electron chi connectivity index (χ2n) is 32.9. The summed E-state index contributed by atoms with van der Waals surface area (Å²) < 4.78 is 69.0. The van der Waals surface area contributed by atoms with Gasteiger partial charge in [0.25, 0.3) is 0 Å². The van der Waals surface area contributed by atoms with Gasteiger partial charge in [-0.1, -0.05) is 427 Å². The van der Waals surface area contributed by atoms with Crippen molar-refractivity contribution in [2.75, 3.05) is 39.6 Å². The van der Waals surface area contributed by atoms with Gasteiger partial charge in [-0.05, 0) is 37.5 Å². The summed E-state index contributed by atoms with van der Waals surface area (Å²) in [5, 5.41) is 10.7. The third kappa shape index (κ3) is 82.1. The van der Waals surface area contributed by atoms with Crippen molar-refractivity contribution >= 4 is 39.5 Å². The molecule has 0 heterocycles. The molecule has 5 atom stereocenters. The fourth-order valence-electron chi connectivity index (χ4n) is 14.0. The van der Waals surface area contributed by atoms with E-state index in [0.29, 0.717) is 31.6 Å². The van der Waals surface area contributed by atoms with Gasteiger partial charge < -0.3 is 33.8 Å². The molecule has 2 unspecified atom stereocenters. The summed E-state index contributed by atoms with van der Waals surface area (Å²) in [6.07, 6.45) is 73.9. The molecule has 0 aromatic rings. The molecule has 0 rings (SSSR count). The fraction of sp³-hybridized carbons (Fsp3) is 0.955. The Morgan fingerprint density at radius 2 is 0.426 bits per heavy atom. The molecule has 0 aliphatic rings. The summed E-state index contributed by atoms with van der Waals surface area (Å²) in [6, 6.07) is 0. The maximum atomic E-state index is 13.2. The molecule has 19 heteroatoms. The minimum absolute atomic E-state index is 0.107. The largest absolute Gasteiger partial charge is 0.472 e. The highest BCUT2D eigenvalue weighted by atomic mass is 31.2. The van der Waals surface area contributed by atoms with E-state index in [-0.39, 0.29) is 25.7 Å². The Balaban J connectivity index is 5.22. The molecular formula is C89H174O17P2. The van der Waals surface area contributed by atoms with Gasteiger partial charge in [0.05, 0.1) is 26.4 Å². The van der Waals surface area contributed by atoms with Gasteiger partial charge >= 0.3 is 39.5 Å². The number of phosphoric acid groups is 2. The van der Waals surface area contributed by atoms with Gasteiger partial charge in [0, 0.05) is 25.7 Å². The maximum Gasteiger partial charge on any atom is 0.472 e. The molecule has 0 aromatic carbocycles. The monoisotopic (exact) mass is 1580 g/mol. The van der Waals surface area contributed by atoms with Gasteiger partial charge in [-0.3, -0.25) is 37.3 Å². The molecule has 0 fully saturated rings. The Labute approximate surface area is 664 Å². The summed E-state index contributed by atoms with van der Waals surface area (Å²) in [6.45, 7) is 9.65. The minimum Gasteiger partial charge on any atom is -0.462 e. The first-order chi connectivity index (χ1) is 52.4. The van der Waals surface area contributed by atoms with Crippen molar-refractivity contribution in [1.82, 2.24) is 0 Å². The summed E-state index contributed by atoms with van der Waals surface area (Å²) >= 11 is 0. The van der Waals surface area contributed by atoms with Crippen molar-refractivity contribution in [3.05, 3.63) is 0 Å². The van der Waals surface area contributed by atoms with Gasteiger partial charge in [0.1, 0.15) is 19.3 Å². The van der Waals surface area contributed by atoms with E-state index in [4.69, 9.17) is 37.0 Å². The van der Waals surface area contributed by atoms with E-state index in [1.165, 1.54) is 289 Å². The van der Waals surface area contributed by atoms with Crippen molar-refractivity contribution in [1.29, 1.82) is 0 Å². The Morgan fingerprint density at radius 1 is 0.250 bits per heavy atom. The molecular weight excluding hydrogens is 1400 g/mol. The molecule has 0 aromatic heterocycles. The van der Waals surface area contributed by atoms with Crippen LogP contribution in [0.1, 0.15) is 478 Å². The average Bonchev–Trinajstić information content (AvgIpc) is 0.899. The van der Waals surface area contributed by atoms with Crippen LogP contribution < -0.4 is 0 Å². The normalized spacial score (nSPS) is 13.8. The third-order valence-electron chi connectivity index (χ3n) is 21.0. The highest BCUT2D eigenvalue weighted by molar-refractivity contribution is 7.47. The molecule has 0 saturated carbocycles. The first-order valence-electron chi connectivity index (χ1n) is 46.0. The fourth-order valence-corrected chi connectivity index (χ4v) is 15.5. The number of hydrogen-bond donors (Lipinski definition) is 3. The zero-order chi connectivity index (χ0) is 79.2. The molecule has 0 aliphatic heterocycles. The van der Waals surface area contributed by atoms with Crippen LogP contribution in [0.25, 0.3) is 0 Å². The van der Waals surface area contributed by atoms with E-state index in [1.807, 2.05) is 0 Å². The lowest BCUT2D eigenvalue weighted by molar-refractivity contribution is -0.161. The molecule has 0 bridgehead atoms. The van der Waals surface area contributed by atoms with Crippen LogP contribution in [-0.2, 0) is 65.4 Å². The van der Waals surface area contributed by atoms with Crippen molar-refractivity contribution in [2.45, 2.75) is 496 Å². The lowest BCUT2D eigenvalue weighted by Crippen LogP contribution is -2.30. The molecule has 642 valence electrons. The number of esters is 4. The second-order valence-corrected chi connectivity index (χ2v) is 35.8. The van der Waals surface area contributed by atoms with E-state index >= 15 is 0 Å². The quantitative estimate of drug-likeness (QED) is 0.0222. The van der Waals surface area contributed by atoms with Crippen LogP contribution in [-0.4, -0.2) is 96.7 Å². The van der Waals surface area contributed by atoms with Gasteiger partial charge in [-0.15, -0.1) is 0 Å². The Bertz CT molecular complexity index is 2060. The summed E-state index contributed by atoms with van der Waals surface area (Å²) in [5.41, 5.74) is 0. The first kappa shape index (κ1) is 106. The average molecular weight is 1580 g/mol. The number of rotatable bonds is 88. The lowest BCUT2D eigenvalue weighted by atomic mass is 10.0. The second kappa shape index (κ2) is 80.3. The standard InChI is InChI=1S/C89H174O17P2/c1-7-9-11-13-15-17-19-21-23-25-27-29-31-33-35-40-44-48-54-61-67-73-88(93)105-84(77-99-86(91)71-65-59-53-47-43-39-34-32-30-28-26-24-22-20-18-16-14-12-10-8-2)79-103-107(95,96)101-75-83(90)76-102-108(97,98)104-80-85(78-100-87(92)72-66-60-56-50-52-58-64-70-82(5)6)106-89(94)74-68-62-55-49-45-41-37-36-38-42-46-51-57-63-69-81(3)4/h81-85,90H,7-80H2,1-6H3,(H,95,96)(H,97,98)/t83-,84-,85-/m1/s1. The smallest absolute Gasteiger partial charge is 0.462 e. The molecule has 0 radical (unpaired) electrons. The molecule has 0 saturated heterocycles. The number of aliphatic hydroxyl groups is 1. The van der Waals surface area contributed by atoms with Gasteiger partial charge in [-0.25, -0.2) is 9.13 Å². The Morgan fingerprint density at radius 3 is 0.630 bits per heavy atom. The highest BCUT2D eigenvalue weighted by Crippen LogP contribution is 2.45. The van der Waals surface area contributed by atoms with Crippen molar-refractivity contribution < 1.29 is 80.2 Å². The van der Waals surface area contributed by atoms with Crippen molar-refractivity contribution in [3.8, 4) is 0 Å². The molecule has 0 amide bonds. The van der Waals surface area contributed by atoms with Crippen LogP contribution in [0, 0.1) is 11.8 Å². The third-order valence-corrected chi connectivity index (χ3v) is 22.9. The number of carbonyl (C=O) groups excluding carboxylic acids is 4. The number of ether oxygens (including phenoxy) is 4. The number of aliphatic hydroxyl groups excluding tert-OH is 1. The van der Waals surface area contributed by atoms with E-state index < -0.39 is 97.5 Å². The van der Waals surface area contributed by atoms with Gasteiger partial charge in [-0.2, -0.15) is 0 Å². The van der Waals surface area contributed by atoms with Crippen LogP contribution in [0.5, 0.6) is 0 Å². The zero-order valence-electron chi connectivity index (χ0n) is 71.2. The summed E-state index contributed by atoms with van der Waals surface area (Å²) in [7, 11) is -9.93. The summed E-state index contributed by atoms with van der Waals surface area (Å²) in [5.74, 6) is -0.601. The highest BCUT2D eigenvalue weighted by Gasteiger charge is 2.31. The van der Waals surface area contributed by atoms with E-state index in [1.54, 1.807) is 0 Å². The Hall–Kier alpha value is -1.94. The Kier molecular flexibility index (Phi) is 78.8. The topological polar surface area (TPSA) is 237 Å². The van der Waals surface area contributed by atoms with Crippen molar-refractivity contribution in [3.63, 3.8) is 0 Å². The molecule has 0 spiro atoms. The summed E-state index contributed by atoms with van der Waals surface area (Å²) in [4.78, 5) is 73.3. The lowest BCUT2D eigenvalue weighted by Gasteiger charge is -2.21. The zero-order valence-corrected chi connectivity index (χ0v) is 73.0. The number of unbranched alkanes of at least 4 members (excludes halogenated alkanes) is 58. The minimum atomic E-state index is -4.97.